The lowest BCUT2D eigenvalue weighted by Crippen LogP contribution is -2.40. The number of nitrogens with one attached hydrogen (secondary N) is 1. The molecule has 0 radical (unpaired) electrons. The Balaban J connectivity index is 1.67. The number of sulfone groups is 1. The maximum absolute atomic E-state index is 11.1. The van der Waals surface area contributed by atoms with Gasteiger partial charge >= 0.3 is 0 Å². The SMILES string of the molecule is O=S1(=O)CCC(NCC2CC(O)C2)C1. The molecule has 14 heavy (non-hydrogen) atoms. The summed E-state index contributed by atoms with van der Waals surface area (Å²) >= 11 is 0. The monoisotopic (exact) mass is 219 g/mol. The zero-order chi connectivity index (χ0) is 10.2. The first kappa shape index (κ1) is 10.4. The van der Waals surface area contributed by atoms with E-state index in [1.807, 2.05) is 0 Å². The molecule has 2 aliphatic rings. The zero-order valence-corrected chi connectivity index (χ0v) is 8.96. The fourth-order valence-corrected chi connectivity index (χ4v) is 3.86. The quantitative estimate of drug-likeness (QED) is 0.674. The molecule has 0 aromatic carbocycles. The molecule has 1 atom stereocenters. The van der Waals surface area contributed by atoms with E-state index in [0.717, 1.165) is 25.8 Å². The van der Waals surface area contributed by atoms with Crippen molar-refractivity contribution in [3.63, 3.8) is 0 Å². The molecule has 1 unspecified atom stereocenters. The third-order valence-corrected chi connectivity index (χ3v) is 4.91. The average Bonchev–Trinajstić information content (AvgIpc) is 2.37. The van der Waals surface area contributed by atoms with E-state index in [9.17, 15) is 8.42 Å². The molecule has 2 N–H and O–H groups in total. The molecule has 82 valence electrons. The number of rotatable bonds is 3. The van der Waals surface area contributed by atoms with Crippen molar-refractivity contribution in [2.75, 3.05) is 18.1 Å². The van der Waals surface area contributed by atoms with Crippen LogP contribution in [0.25, 0.3) is 0 Å². The van der Waals surface area contributed by atoms with Crippen molar-refractivity contribution in [3.05, 3.63) is 0 Å². The summed E-state index contributed by atoms with van der Waals surface area (Å²) in [5, 5.41) is 12.3. The van der Waals surface area contributed by atoms with Gasteiger partial charge in [0, 0.05) is 6.04 Å². The van der Waals surface area contributed by atoms with E-state index in [-0.39, 0.29) is 12.1 Å². The van der Waals surface area contributed by atoms with Crippen LogP contribution in [-0.4, -0.2) is 43.7 Å². The van der Waals surface area contributed by atoms with Crippen LogP contribution >= 0.6 is 0 Å². The van der Waals surface area contributed by atoms with Gasteiger partial charge in [0.25, 0.3) is 0 Å². The van der Waals surface area contributed by atoms with Crippen LogP contribution < -0.4 is 5.32 Å². The first-order chi connectivity index (χ1) is 6.55. The van der Waals surface area contributed by atoms with Crippen molar-refractivity contribution >= 4 is 9.84 Å². The lowest BCUT2D eigenvalue weighted by molar-refractivity contribution is 0.0421. The molecular formula is C9H17NO3S. The Kier molecular flexibility index (Phi) is 2.81. The third-order valence-electron chi connectivity index (χ3n) is 3.14. The summed E-state index contributed by atoms with van der Waals surface area (Å²) in [6, 6.07) is 0.151. The Morgan fingerprint density at radius 3 is 2.57 bits per heavy atom. The minimum Gasteiger partial charge on any atom is -0.393 e. The highest BCUT2D eigenvalue weighted by Gasteiger charge is 2.31. The molecule has 5 heteroatoms. The minimum atomic E-state index is -2.75. The average molecular weight is 219 g/mol. The molecule has 1 saturated carbocycles. The predicted molar refractivity (Wildman–Crippen MR) is 53.8 cm³/mol. The van der Waals surface area contributed by atoms with E-state index in [1.165, 1.54) is 0 Å². The van der Waals surface area contributed by atoms with Crippen molar-refractivity contribution in [1.29, 1.82) is 0 Å². The molecule has 4 nitrogen and oxygen atoms in total. The predicted octanol–water partition coefficient (Wildman–Crippen LogP) is -0.466. The second-order valence-electron chi connectivity index (χ2n) is 4.50. The Morgan fingerprint density at radius 1 is 1.36 bits per heavy atom. The first-order valence-corrected chi connectivity index (χ1v) is 6.99. The van der Waals surface area contributed by atoms with Gasteiger partial charge in [0.05, 0.1) is 17.6 Å². The van der Waals surface area contributed by atoms with Gasteiger partial charge in [-0.2, -0.15) is 0 Å². The smallest absolute Gasteiger partial charge is 0.151 e. The maximum Gasteiger partial charge on any atom is 0.151 e. The molecule has 0 spiro atoms. The van der Waals surface area contributed by atoms with Crippen molar-refractivity contribution < 1.29 is 13.5 Å². The molecular weight excluding hydrogens is 202 g/mol. The van der Waals surface area contributed by atoms with E-state index >= 15 is 0 Å². The highest BCUT2D eigenvalue weighted by atomic mass is 32.2. The second kappa shape index (κ2) is 3.79. The van der Waals surface area contributed by atoms with Gasteiger partial charge in [-0.25, -0.2) is 8.42 Å². The molecule has 1 aliphatic heterocycles. The first-order valence-electron chi connectivity index (χ1n) is 5.17. The Hall–Kier alpha value is -0.130. The van der Waals surface area contributed by atoms with Gasteiger partial charge in [-0.3, -0.25) is 0 Å². The van der Waals surface area contributed by atoms with Gasteiger partial charge in [0.1, 0.15) is 0 Å². The van der Waals surface area contributed by atoms with E-state index < -0.39 is 9.84 Å². The van der Waals surface area contributed by atoms with Crippen LogP contribution in [0.1, 0.15) is 19.3 Å². The summed E-state index contributed by atoms with van der Waals surface area (Å²) in [5.41, 5.74) is 0. The van der Waals surface area contributed by atoms with Crippen molar-refractivity contribution in [2.24, 2.45) is 5.92 Å². The van der Waals surface area contributed by atoms with Crippen LogP contribution in [0.3, 0.4) is 0 Å². The van der Waals surface area contributed by atoms with E-state index in [4.69, 9.17) is 5.11 Å². The Bertz CT molecular complexity index is 295. The largest absolute Gasteiger partial charge is 0.393 e. The van der Waals surface area contributed by atoms with E-state index in [0.29, 0.717) is 17.4 Å². The van der Waals surface area contributed by atoms with Crippen LogP contribution in [0.2, 0.25) is 0 Å². The summed E-state index contributed by atoms with van der Waals surface area (Å²) in [7, 11) is -2.75. The second-order valence-corrected chi connectivity index (χ2v) is 6.73. The van der Waals surface area contributed by atoms with Crippen LogP contribution in [0, 0.1) is 5.92 Å². The van der Waals surface area contributed by atoms with E-state index in [1.54, 1.807) is 0 Å². The van der Waals surface area contributed by atoms with Crippen molar-refractivity contribution in [3.8, 4) is 0 Å². The fourth-order valence-electron chi connectivity index (χ4n) is 2.16. The zero-order valence-electron chi connectivity index (χ0n) is 8.15. The minimum absolute atomic E-state index is 0.117. The van der Waals surface area contributed by atoms with Crippen molar-refractivity contribution in [2.45, 2.75) is 31.4 Å². The normalized spacial score (nSPS) is 40.8. The van der Waals surface area contributed by atoms with Crippen LogP contribution in [0.4, 0.5) is 0 Å². The van der Waals surface area contributed by atoms with E-state index in [2.05, 4.69) is 5.32 Å². The molecule has 0 aromatic rings. The molecule has 0 bridgehead atoms. The summed E-state index contributed by atoms with van der Waals surface area (Å²) < 4.78 is 22.3. The van der Waals surface area contributed by atoms with Crippen LogP contribution in [-0.2, 0) is 9.84 Å². The lowest BCUT2D eigenvalue weighted by atomic mass is 9.82. The number of aliphatic hydroxyl groups excluding tert-OH is 1. The summed E-state index contributed by atoms with van der Waals surface area (Å²) in [6.07, 6.45) is 2.37. The molecule has 2 fully saturated rings. The molecule has 1 saturated heterocycles. The summed E-state index contributed by atoms with van der Waals surface area (Å²) in [4.78, 5) is 0. The molecule has 2 rings (SSSR count). The number of hydrogen-bond donors (Lipinski definition) is 2. The summed E-state index contributed by atoms with van der Waals surface area (Å²) in [6.45, 7) is 0.858. The topological polar surface area (TPSA) is 66.4 Å². The van der Waals surface area contributed by atoms with Crippen LogP contribution in [0.5, 0.6) is 0 Å². The van der Waals surface area contributed by atoms with Gasteiger partial charge in [-0.1, -0.05) is 0 Å². The van der Waals surface area contributed by atoms with Gasteiger partial charge in [-0.05, 0) is 31.7 Å². The van der Waals surface area contributed by atoms with Crippen molar-refractivity contribution in [1.82, 2.24) is 5.32 Å². The maximum atomic E-state index is 11.1. The van der Waals surface area contributed by atoms with Gasteiger partial charge in [0.15, 0.2) is 9.84 Å². The Labute approximate surface area is 84.6 Å². The van der Waals surface area contributed by atoms with Gasteiger partial charge < -0.3 is 10.4 Å². The molecule has 1 aliphatic carbocycles. The van der Waals surface area contributed by atoms with Crippen LogP contribution in [0.15, 0.2) is 0 Å². The fraction of sp³-hybridized carbons (Fsp3) is 1.00. The molecule has 1 heterocycles. The highest BCUT2D eigenvalue weighted by molar-refractivity contribution is 7.91. The molecule has 0 aromatic heterocycles. The van der Waals surface area contributed by atoms with Gasteiger partial charge in [-0.15, -0.1) is 0 Å². The number of aliphatic hydroxyl groups is 1. The van der Waals surface area contributed by atoms with Gasteiger partial charge in [0.2, 0.25) is 0 Å². The highest BCUT2D eigenvalue weighted by Crippen LogP contribution is 2.26. The molecule has 0 amide bonds. The number of hydrogen-bond acceptors (Lipinski definition) is 4. The summed E-state index contributed by atoms with van der Waals surface area (Å²) in [5.74, 6) is 1.17. The Morgan fingerprint density at radius 2 is 2.07 bits per heavy atom. The lowest BCUT2D eigenvalue weighted by Gasteiger charge is -2.32. The standard InChI is InChI=1S/C9H17NO3S/c11-9-3-7(4-9)5-10-8-1-2-14(12,13)6-8/h7-11H,1-6H2. The third kappa shape index (κ3) is 2.46.